The van der Waals surface area contributed by atoms with Crippen LogP contribution in [0.1, 0.15) is 61.6 Å². The fourth-order valence-electron chi connectivity index (χ4n) is 7.20. The van der Waals surface area contributed by atoms with Gasteiger partial charge in [-0.15, -0.1) is 0 Å². The van der Waals surface area contributed by atoms with E-state index in [2.05, 4.69) is 4.98 Å². The van der Waals surface area contributed by atoms with Crippen molar-refractivity contribution in [2.75, 3.05) is 19.3 Å². The lowest BCUT2D eigenvalue weighted by Gasteiger charge is -2.36. The van der Waals surface area contributed by atoms with Crippen LogP contribution in [0.4, 0.5) is 0 Å². The van der Waals surface area contributed by atoms with E-state index < -0.39 is 10.0 Å². The maximum absolute atomic E-state index is 13.6. The molecule has 3 saturated carbocycles. The summed E-state index contributed by atoms with van der Waals surface area (Å²) in [6.07, 6.45) is 8.21. The van der Waals surface area contributed by atoms with Gasteiger partial charge in [-0.3, -0.25) is 9.59 Å². The van der Waals surface area contributed by atoms with Crippen molar-refractivity contribution in [3.8, 4) is 0 Å². The van der Waals surface area contributed by atoms with E-state index in [1.807, 2.05) is 4.90 Å². The Morgan fingerprint density at radius 1 is 1.10 bits per heavy atom. The van der Waals surface area contributed by atoms with Gasteiger partial charge in [0.15, 0.2) is 0 Å². The van der Waals surface area contributed by atoms with Crippen molar-refractivity contribution >= 4 is 15.9 Å². The molecule has 1 aromatic heterocycles. The fraction of sp³-hybridized carbons (Fsp3) is 0.773. The van der Waals surface area contributed by atoms with Gasteiger partial charge in [-0.05, 0) is 68.6 Å². The number of nitrogens with zero attached hydrogens (tertiary/aromatic N) is 3. The summed E-state index contributed by atoms with van der Waals surface area (Å²) in [5.41, 5.74) is 0.924. The second kappa shape index (κ2) is 6.88. The highest BCUT2D eigenvalue weighted by atomic mass is 32.2. The molecule has 31 heavy (non-hydrogen) atoms. The molecule has 6 rings (SSSR count). The van der Waals surface area contributed by atoms with Gasteiger partial charge in [-0.25, -0.2) is 13.4 Å². The first-order valence-corrected chi connectivity index (χ1v) is 13.6. The van der Waals surface area contributed by atoms with Gasteiger partial charge in [0.05, 0.1) is 24.5 Å². The molecule has 2 aliphatic heterocycles. The Balaban J connectivity index is 1.29. The van der Waals surface area contributed by atoms with E-state index in [0.717, 1.165) is 31.1 Å². The lowest BCUT2D eigenvalue weighted by molar-refractivity contribution is -0.137. The van der Waals surface area contributed by atoms with Crippen LogP contribution in [0.15, 0.2) is 4.79 Å². The molecule has 0 spiro atoms. The predicted molar refractivity (Wildman–Crippen MR) is 113 cm³/mol. The van der Waals surface area contributed by atoms with Crippen LogP contribution in [0.2, 0.25) is 0 Å². The number of aromatic amines is 1. The van der Waals surface area contributed by atoms with E-state index in [9.17, 15) is 18.0 Å². The number of fused-ring (bicyclic) bond motifs is 6. The second-order valence-corrected chi connectivity index (χ2v) is 12.3. The topological polar surface area (TPSA) is 103 Å². The van der Waals surface area contributed by atoms with Crippen molar-refractivity contribution in [1.82, 2.24) is 19.2 Å². The first kappa shape index (κ1) is 19.9. The van der Waals surface area contributed by atoms with Gasteiger partial charge in [0.25, 0.3) is 5.56 Å². The Morgan fingerprint density at radius 2 is 1.84 bits per heavy atom. The summed E-state index contributed by atoms with van der Waals surface area (Å²) in [5, 5.41) is 0. The largest absolute Gasteiger partial charge is 0.332 e. The van der Waals surface area contributed by atoms with Crippen LogP contribution in [0.3, 0.4) is 0 Å². The van der Waals surface area contributed by atoms with Crippen LogP contribution in [0, 0.1) is 29.6 Å². The number of amides is 1. The Hall–Kier alpha value is -1.74. The Kier molecular flexibility index (Phi) is 4.42. The number of hydrogen-bond donors (Lipinski definition) is 1. The van der Waals surface area contributed by atoms with E-state index in [4.69, 9.17) is 4.98 Å². The normalized spacial score (nSPS) is 36.9. The van der Waals surface area contributed by atoms with Gasteiger partial charge in [0.1, 0.15) is 5.82 Å². The molecule has 0 radical (unpaired) electrons. The highest BCUT2D eigenvalue weighted by Gasteiger charge is 2.68. The highest BCUT2D eigenvalue weighted by Crippen LogP contribution is 2.69. The number of aromatic nitrogens is 2. The molecule has 9 heteroatoms. The van der Waals surface area contributed by atoms with Crippen LogP contribution < -0.4 is 5.56 Å². The number of rotatable bonds is 3. The summed E-state index contributed by atoms with van der Waals surface area (Å²) in [6.45, 7) is 1.14. The monoisotopic (exact) mass is 446 g/mol. The minimum Gasteiger partial charge on any atom is -0.332 e. The van der Waals surface area contributed by atoms with E-state index in [-0.39, 0.29) is 30.0 Å². The zero-order valence-electron chi connectivity index (χ0n) is 17.9. The van der Waals surface area contributed by atoms with Crippen molar-refractivity contribution < 1.29 is 13.2 Å². The van der Waals surface area contributed by atoms with Crippen LogP contribution in [-0.4, -0.2) is 52.8 Å². The van der Waals surface area contributed by atoms with E-state index in [1.54, 1.807) is 0 Å². The van der Waals surface area contributed by atoms with E-state index >= 15 is 0 Å². The summed E-state index contributed by atoms with van der Waals surface area (Å²) < 4.78 is 25.4. The van der Waals surface area contributed by atoms with Crippen LogP contribution in [0.5, 0.6) is 0 Å². The van der Waals surface area contributed by atoms with Crippen molar-refractivity contribution in [2.45, 2.75) is 57.5 Å². The molecule has 5 atom stereocenters. The zero-order chi connectivity index (χ0) is 21.5. The minimum absolute atomic E-state index is 0.127. The highest BCUT2D eigenvalue weighted by molar-refractivity contribution is 7.88. The van der Waals surface area contributed by atoms with Crippen LogP contribution >= 0.6 is 0 Å². The molecular weight excluding hydrogens is 416 g/mol. The number of hydrogen-bond acceptors (Lipinski definition) is 5. The molecule has 168 valence electrons. The molecular formula is C22H30N4O4S. The van der Waals surface area contributed by atoms with Gasteiger partial charge >= 0.3 is 0 Å². The number of H-pyrrole nitrogens is 1. The molecule has 8 nitrogen and oxygen atoms in total. The molecule has 1 saturated heterocycles. The Labute approximate surface area is 182 Å². The van der Waals surface area contributed by atoms with Gasteiger partial charge in [-0.2, -0.15) is 4.31 Å². The molecule has 5 aliphatic rings. The quantitative estimate of drug-likeness (QED) is 0.757. The van der Waals surface area contributed by atoms with Gasteiger partial charge in [0, 0.05) is 24.6 Å². The second-order valence-electron chi connectivity index (χ2n) is 10.3. The zero-order valence-corrected chi connectivity index (χ0v) is 18.7. The molecule has 1 aromatic rings. The first-order valence-electron chi connectivity index (χ1n) is 11.7. The first-order chi connectivity index (χ1) is 14.8. The average molecular weight is 447 g/mol. The third-order valence-corrected chi connectivity index (χ3v) is 9.90. The summed E-state index contributed by atoms with van der Waals surface area (Å²) >= 11 is 0. The van der Waals surface area contributed by atoms with Gasteiger partial charge in [0.2, 0.25) is 15.9 Å². The molecule has 2 bridgehead atoms. The van der Waals surface area contributed by atoms with Gasteiger partial charge < -0.3 is 9.88 Å². The standard InChI is InChI=1S/C22H30N4O4S/c1-31(29,30)25-9-7-14-15(11-25)23-20(24-21(14)27)16-4-2-3-8-26(16)22(28)19-17-12-5-6-13(10-12)18(17)19/h12-13,16-19H,2-11H2,1H3,(H,23,24,27)/t12-,13-,16-,17-,18-/m0/s1. The van der Waals surface area contributed by atoms with E-state index in [1.165, 1.54) is 29.8 Å². The number of piperidine rings is 1. The predicted octanol–water partition coefficient (Wildman–Crippen LogP) is 1.43. The number of likely N-dealkylation sites (tertiary alicyclic amines) is 1. The fourth-order valence-corrected chi connectivity index (χ4v) is 7.98. The molecule has 0 aromatic carbocycles. The summed E-state index contributed by atoms with van der Waals surface area (Å²) in [4.78, 5) is 36.0. The molecule has 3 aliphatic carbocycles. The van der Waals surface area contributed by atoms with Crippen LogP contribution in [0.25, 0.3) is 0 Å². The average Bonchev–Trinajstić information content (AvgIpc) is 3.18. The Bertz CT molecular complexity index is 1080. The smallest absolute Gasteiger partial charge is 0.254 e. The number of sulfonamides is 1. The Morgan fingerprint density at radius 3 is 2.55 bits per heavy atom. The number of nitrogens with one attached hydrogen (secondary N) is 1. The SMILES string of the molecule is CS(=O)(=O)N1CCc2c(nc([C@@H]3CCCCN3C(=O)C3[C@H]4[C@H]5CC[C@@H](C5)[C@H]34)[nH]c2=O)C1. The summed E-state index contributed by atoms with van der Waals surface area (Å²) in [7, 11) is -3.34. The van der Waals surface area contributed by atoms with Crippen molar-refractivity contribution in [2.24, 2.45) is 29.6 Å². The number of carbonyl (C=O) groups is 1. The summed E-state index contributed by atoms with van der Waals surface area (Å²) in [6, 6.07) is -0.216. The molecule has 1 amide bonds. The van der Waals surface area contributed by atoms with Crippen molar-refractivity contribution in [1.29, 1.82) is 0 Å². The lowest BCUT2D eigenvalue weighted by Crippen LogP contribution is -2.43. The molecule has 4 fully saturated rings. The molecule has 1 N–H and O–H groups in total. The van der Waals surface area contributed by atoms with Crippen molar-refractivity contribution in [3.63, 3.8) is 0 Å². The maximum atomic E-state index is 13.6. The third kappa shape index (κ3) is 3.10. The van der Waals surface area contributed by atoms with E-state index in [0.29, 0.717) is 48.4 Å². The third-order valence-electron chi connectivity index (χ3n) is 8.65. The van der Waals surface area contributed by atoms with Crippen molar-refractivity contribution in [3.05, 3.63) is 27.4 Å². The number of carbonyl (C=O) groups excluding carboxylic acids is 1. The maximum Gasteiger partial charge on any atom is 0.254 e. The van der Waals surface area contributed by atoms with Crippen LogP contribution in [-0.2, 0) is 27.8 Å². The molecule has 0 unspecified atom stereocenters. The minimum atomic E-state index is -3.34. The molecule has 3 heterocycles. The van der Waals surface area contributed by atoms with Gasteiger partial charge in [-0.1, -0.05) is 0 Å². The summed E-state index contributed by atoms with van der Waals surface area (Å²) in [5.74, 6) is 3.64. The lowest BCUT2D eigenvalue weighted by atomic mass is 9.97.